The second-order valence-electron chi connectivity index (χ2n) is 6.13. The van der Waals surface area contributed by atoms with E-state index in [0.29, 0.717) is 23.0 Å². The third-order valence-corrected chi connectivity index (χ3v) is 4.85. The molecule has 1 aliphatic heterocycles. The van der Waals surface area contributed by atoms with Crippen LogP contribution in [0.3, 0.4) is 0 Å². The molecule has 1 heterocycles. The number of hydrogen-bond acceptors (Lipinski definition) is 4. The minimum Gasteiger partial charge on any atom is -0.495 e. The fraction of sp³-hybridized carbons (Fsp3) is 0.316. The summed E-state index contributed by atoms with van der Waals surface area (Å²) in [5.74, 6) is 0.515. The first-order valence-corrected chi connectivity index (χ1v) is 9.17. The lowest BCUT2D eigenvalue weighted by molar-refractivity contribution is -0.117. The summed E-state index contributed by atoms with van der Waals surface area (Å²) in [6.07, 6.45) is 0. The van der Waals surface area contributed by atoms with Gasteiger partial charge in [-0.15, -0.1) is 0 Å². The Morgan fingerprint density at radius 1 is 1.04 bits per heavy atom. The summed E-state index contributed by atoms with van der Waals surface area (Å²) in [6.45, 7) is 3.72. The van der Waals surface area contributed by atoms with Crippen LogP contribution in [0.2, 0.25) is 10.0 Å². The molecular weight excluding hydrogens is 373 g/mol. The lowest BCUT2D eigenvalue weighted by Gasteiger charge is -2.35. The summed E-state index contributed by atoms with van der Waals surface area (Å²) in [7, 11) is 1.56. The largest absolute Gasteiger partial charge is 0.495 e. The molecule has 26 heavy (non-hydrogen) atoms. The van der Waals surface area contributed by atoms with Gasteiger partial charge in [0.2, 0.25) is 5.91 Å². The fourth-order valence-corrected chi connectivity index (χ4v) is 3.28. The molecule has 2 aromatic rings. The number of nitrogens with zero attached hydrogens (tertiary/aromatic N) is 2. The molecule has 0 aliphatic carbocycles. The molecule has 5 nitrogen and oxygen atoms in total. The summed E-state index contributed by atoms with van der Waals surface area (Å²) in [5, 5.41) is 4.17. The third kappa shape index (κ3) is 4.81. The Morgan fingerprint density at radius 3 is 2.35 bits per heavy atom. The van der Waals surface area contributed by atoms with Gasteiger partial charge in [-0.05, 0) is 42.5 Å². The number of piperazine rings is 1. The second-order valence-corrected chi connectivity index (χ2v) is 7.01. The number of carbonyl (C=O) groups excluding carboxylic acids is 1. The van der Waals surface area contributed by atoms with E-state index in [9.17, 15) is 4.79 Å². The normalized spacial score (nSPS) is 15.0. The van der Waals surface area contributed by atoms with Crippen molar-refractivity contribution in [1.82, 2.24) is 4.90 Å². The maximum Gasteiger partial charge on any atom is 0.238 e. The Morgan fingerprint density at radius 2 is 1.69 bits per heavy atom. The van der Waals surface area contributed by atoms with E-state index in [-0.39, 0.29) is 5.91 Å². The van der Waals surface area contributed by atoms with Crippen LogP contribution >= 0.6 is 23.2 Å². The van der Waals surface area contributed by atoms with E-state index in [4.69, 9.17) is 27.9 Å². The lowest BCUT2D eigenvalue weighted by atomic mass is 10.2. The van der Waals surface area contributed by atoms with Gasteiger partial charge in [0.1, 0.15) is 5.75 Å². The van der Waals surface area contributed by atoms with Crippen LogP contribution in [0.15, 0.2) is 42.5 Å². The molecule has 1 saturated heterocycles. The monoisotopic (exact) mass is 393 g/mol. The van der Waals surface area contributed by atoms with Crippen LogP contribution in [0, 0.1) is 0 Å². The summed E-state index contributed by atoms with van der Waals surface area (Å²) >= 11 is 11.9. The zero-order chi connectivity index (χ0) is 18.5. The van der Waals surface area contributed by atoms with Gasteiger partial charge in [0.15, 0.2) is 0 Å². The number of carbonyl (C=O) groups is 1. The number of rotatable bonds is 5. The van der Waals surface area contributed by atoms with E-state index in [1.54, 1.807) is 25.3 Å². The molecule has 7 heteroatoms. The molecule has 1 fully saturated rings. The SMILES string of the molecule is COc1ccc(Cl)cc1NC(=O)CN1CCN(c2ccc(Cl)cc2)CC1. The Bertz CT molecular complexity index is 760. The highest BCUT2D eigenvalue weighted by Gasteiger charge is 2.19. The minimum absolute atomic E-state index is 0.0782. The first kappa shape index (κ1) is 18.8. The van der Waals surface area contributed by atoms with Gasteiger partial charge in [-0.25, -0.2) is 0 Å². The van der Waals surface area contributed by atoms with Crippen molar-refractivity contribution >= 4 is 40.5 Å². The van der Waals surface area contributed by atoms with Gasteiger partial charge in [0.05, 0.1) is 19.3 Å². The van der Waals surface area contributed by atoms with Crippen LogP contribution in [0.5, 0.6) is 5.75 Å². The Labute approximate surface area is 163 Å². The highest BCUT2D eigenvalue weighted by molar-refractivity contribution is 6.31. The van der Waals surface area contributed by atoms with E-state index in [2.05, 4.69) is 15.1 Å². The first-order chi connectivity index (χ1) is 12.5. The van der Waals surface area contributed by atoms with E-state index in [1.165, 1.54) is 0 Å². The van der Waals surface area contributed by atoms with Crippen molar-refractivity contribution in [3.05, 3.63) is 52.5 Å². The number of amides is 1. The Kier molecular flexibility index (Phi) is 6.25. The maximum absolute atomic E-state index is 12.4. The topological polar surface area (TPSA) is 44.8 Å². The quantitative estimate of drug-likeness (QED) is 0.839. The number of halogens is 2. The summed E-state index contributed by atoms with van der Waals surface area (Å²) in [4.78, 5) is 16.8. The first-order valence-electron chi connectivity index (χ1n) is 8.41. The van der Waals surface area contributed by atoms with Crippen molar-refractivity contribution in [2.24, 2.45) is 0 Å². The predicted octanol–water partition coefficient (Wildman–Crippen LogP) is 3.76. The number of methoxy groups -OCH3 is 1. The van der Waals surface area contributed by atoms with Crippen molar-refractivity contribution in [2.75, 3.05) is 50.1 Å². The van der Waals surface area contributed by atoms with Crippen molar-refractivity contribution < 1.29 is 9.53 Å². The zero-order valence-electron chi connectivity index (χ0n) is 14.5. The number of anilines is 2. The van der Waals surface area contributed by atoms with Crippen LogP contribution < -0.4 is 15.0 Å². The summed E-state index contributed by atoms with van der Waals surface area (Å²) in [6, 6.07) is 13.0. The minimum atomic E-state index is -0.0782. The number of ether oxygens (including phenoxy) is 1. The van der Waals surface area contributed by atoms with Crippen molar-refractivity contribution in [3.8, 4) is 5.75 Å². The summed E-state index contributed by atoms with van der Waals surface area (Å²) < 4.78 is 5.26. The summed E-state index contributed by atoms with van der Waals surface area (Å²) in [5.41, 5.74) is 1.74. The van der Waals surface area contributed by atoms with Crippen LogP contribution in [0.25, 0.3) is 0 Å². The molecule has 1 N–H and O–H groups in total. The predicted molar refractivity (Wildman–Crippen MR) is 107 cm³/mol. The molecule has 1 aliphatic rings. The highest BCUT2D eigenvalue weighted by atomic mass is 35.5. The maximum atomic E-state index is 12.4. The number of benzene rings is 2. The van der Waals surface area contributed by atoms with Gasteiger partial charge < -0.3 is 15.0 Å². The molecule has 0 bridgehead atoms. The Hall–Kier alpha value is -1.95. The van der Waals surface area contributed by atoms with Crippen molar-refractivity contribution in [2.45, 2.75) is 0 Å². The molecule has 1 amide bonds. The van der Waals surface area contributed by atoms with E-state index in [0.717, 1.165) is 36.9 Å². The van der Waals surface area contributed by atoms with Crippen LogP contribution in [-0.2, 0) is 4.79 Å². The zero-order valence-corrected chi connectivity index (χ0v) is 16.1. The van der Waals surface area contributed by atoms with Gasteiger partial charge in [0.25, 0.3) is 0 Å². The molecule has 0 atom stereocenters. The molecule has 3 rings (SSSR count). The van der Waals surface area contributed by atoms with Crippen LogP contribution in [0.1, 0.15) is 0 Å². The molecule has 0 aromatic heterocycles. The van der Waals surface area contributed by atoms with E-state index in [1.807, 2.05) is 24.3 Å². The van der Waals surface area contributed by atoms with Gasteiger partial charge >= 0.3 is 0 Å². The number of hydrogen-bond donors (Lipinski definition) is 1. The van der Waals surface area contributed by atoms with Gasteiger partial charge in [0, 0.05) is 41.9 Å². The molecule has 0 saturated carbocycles. The van der Waals surface area contributed by atoms with E-state index < -0.39 is 0 Å². The number of nitrogens with one attached hydrogen (secondary N) is 1. The fourth-order valence-electron chi connectivity index (χ4n) is 2.99. The molecule has 0 spiro atoms. The smallest absolute Gasteiger partial charge is 0.238 e. The van der Waals surface area contributed by atoms with Crippen molar-refractivity contribution in [1.29, 1.82) is 0 Å². The molecule has 0 radical (unpaired) electrons. The molecular formula is C19H21Cl2N3O2. The van der Waals surface area contributed by atoms with Crippen molar-refractivity contribution in [3.63, 3.8) is 0 Å². The standard InChI is InChI=1S/C19H21Cl2N3O2/c1-26-18-7-4-15(21)12-17(18)22-19(25)13-23-8-10-24(11-9-23)16-5-2-14(20)3-6-16/h2-7,12H,8-11,13H2,1H3,(H,22,25). The Balaban J connectivity index is 1.52. The third-order valence-electron chi connectivity index (χ3n) is 4.37. The second kappa shape index (κ2) is 8.62. The molecule has 0 unspecified atom stereocenters. The average molecular weight is 394 g/mol. The van der Waals surface area contributed by atoms with Gasteiger partial charge in [-0.2, -0.15) is 0 Å². The highest BCUT2D eigenvalue weighted by Crippen LogP contribution is 2.27. The molecule has 138 valence electrons. The van der Waals surface area contributed by atoms with Gasteiger partial charge in [-0.3, -0.25) is 9.69 Å². The van der Waals surface area contributed by atoms with E-state index >= 15 is 0 Å². The van der Waals surface area contributed by atoms with Crippen LogP contribution in [0.4, 0.5) is 11.4 Å². The van der Waals surface area contributed by atoms with Gasteiger partial charge in [-0.1, -0.05) is 23.2 Å². The molecule has 2 aromatic carbocycles. The lowest BCUT2D eigenvalue weighted by Crippen LogP contribution is -2.48. The van der Waals surface area contributed by atoms with Crippen LogP contribution in [-0.4, -0.2) is 50.6 Å². The average Bonchev–Trinajstić information content (AvgIpc) is 2.63.